The fourth-order valence-corrected chi connectivity index (χ4v) is 2.40. The van der Waals surface area contributed by atoms with E-state index in [9.17, 15) is 4.79 Å². The van der Waals surface area contributed by atoms with Gasteiger partial charge in [0.1, 0.15) is 11.5 Å². The summed E-state index contributed by atoms with van der Waals surface area (Å²) in [4.78, 5) is 22.8. The topological polar surface area (TPSA) is 58.1 Å². The number of piperidine rings is 1. The smallest absolute Gasteiger partial charge is 0.271 e. The van der Waals surface area contributed by atoms with Crippen LogP contribution in [0.25, 0.3) is 0 Å². The second kappa shape index (κ2) is 6.68. The quantitative estimate of drug-likeness (QED) is 0.916. The summed E-state index contributed by atoms with van der Waals surface area (Å²) in [5.74, 6) is 1.42. The van der Waals surface area contributed by atoms with E-state index in [2.05, 4.69) is 27.1 Å². The Morgan fingerprint density at radius 1 is 1.50 bits per heavy atom. The lowest BCUT2D eigenvalue weighted by molar-refractivity contribution is 0.0934. The number of nitrogens with zero attached hydrogens (tertiary/aromatic N) is 3. The highest BCUT2D eigenvalue weighted by atomic mass is 16.1. The van der Waals surface area contributed by atoms with Crippen LogP contribution in [0.2, 0.25) is 0 Å². The van der Waals surface area contributed by atoms with Gasteiger partial charge in [0.15, 0.2) is 0 Å². The number of aromatic nitrogens is 2. The summed E-state index contributed by atoms with van der Waals surface area (Å²) in [6.07, 6.45) is 6.66. The van der Waals surface area contributed by atoms with Crippen molar-refractivity contribution in [3.63, 3.8) is 0 Å². The predicted octanol–water partition coefficient (Wildman–Crippen LogP) is 2.24. The number of carbonyl (C=O) groups is 1. The van der Waals surface area contributed by atoms with E-state index in [1.807, 2.05) is 13.8 Å². The first-order chi connectivity index (χ1) is 9.60. The standard InChI is InChI=1S/C15H24N4O/c1-4-12(3)18-15(20)13-8-17-14(9-16-13)19-7-5-6-11(2)10-19/h8-9,11-12H,4-7,10H2,1-3H3,(H,18,20). The summed E-state index contributed by atoms with van der Waals surface area (Å²) in [6.45, 7) is 8.32. The van der Waals surface area contributed by atoms with Crippen LogP contribution in [-0.4, -0.2) is 35.0 Å². The molecule has 0 aliphatic carbocycles. The van der Waals surface area contributed by atoms with Crippen molar-refractivity contribution in [3.05, 3.63) is 18.1 Å². The van der Waals surface area contributed by atoms with Crippen molar-refractivity contribution < 1.29 is 4.79 Å². The first-order valence-corrected chi connectivity index (χ1v) is 7.48. The maximum Gasteiger partial charge on any atom is 0.271 e. The molecule has 1 aromatic rings. The van der Waals surface area contributed by atoms with Gasteiger partial charge >= 0.3 is 0 Å². The van der Waals surface area contributed by atoms with Crippen LogP contribution in [0.1, 0.15) is 50.5 Å². The van der Waals surface area contributed by atoms with Crippen molar-refractivity contribution in [2.24, 2.45) is 5.92 Å². The Hall–Kier alpha value is -1.65. The molecule has 110 valence electrons. The zero-order valence-electron chi connectivity index (χ0n) is 12.6. The minimum Gasteiger partial charge on any atom is -0.355 e. The molecule has 0 radical (unpaired) electrons. The van der Waals surface area contributed by atoms with E-state index in [0.29, 0.717) is 11.6 Å². The SMILES string of the molecule is CCC(C)NC(=O)c1cnc(N2CCCC(C)C2)cn1. The second-order valence-corrected chi connectivity index (χ2v) is 5.74. The van der Waals surface area contributed by atoms with Gasteiger partial charge in [-0.2, -0.15) is 0 Å². The van der Waals surface area contributed by atoms with Crippen LogP contribution >= 0.6 is 0 Å². The maximum atomic E-state index is 11.9. The highest BCUT2D eigenvalue weighted by Gasteiger charge is 2.18. The van der Waals surface area contributed by atoms with Crippen LogP contribution < -0.4 is 10.2 Å². The fraction of sp³-hybridized carbons (Fsp3) is 0.667. The van der Waals surface area contributed by atoms with Crippen LogP contribution in [0, 0.1) is 5.92 Å². The Morgan fingerprint density at radius 2 is 2.30 bits per heavy atom. The van der Waals surface area contributed by atoms with Crippen LogP contribution in [0.5, 0.6) is 0 Å². The molecule has 1 saturated heterocycles. The second-order valence-electron chi connectivity index (χ2n) is 5.74. The van der Waals surface area contributed by atoms with Crippen molar-refractivity contribution >= 4 is 11.7 Å². The average Bonchev–Trinajstić information content (AvgIpc) is 2.47. The number of anilines is 1. The first-order valence-electron chi connectivity index (χ1n) is 7.48. The van der Waals surface area contributed by atoms with Crippen LogP contribution in [0.15, 0.2) is 12.4 Å². The Bertz CT molecular complexity index is 446. The Morgan fingerprint density at radius 3 is 2.90 bits per heavy atom. The highest BCUT2D eigenvalue weighted by Crippen LogP contribution is 2.20. The van der Waals surface area contributed by atoms with E-state index >= 15 is 0 Å². The molecular weight excluding hydrogens is 252 g/mol. The summed E-state index contributed by atoms with van der Waals surface area (Å²) in [5, 5.41) is 2.90. The molecule has 1 aliphatic rings. The minimum absolute atomic E-state index is 0.148. The van der Waals surface area contributed by atoms with Crippen LogP contribution in [-0.2, 0) is 0 Å². The summed E-state index contributed by atoms with van der Waals surface area (Å²) in [5.41, 5.74) is 0.388. The molecule has 2 atom stereocenters. The van der Waals surface area contributed by atoms with Gasteiger partial charge in [0.2, 0.25) is 0 Å². The number of hydrogen-bond acceptors (Lipinski definition) is 4. The van der Waals surface area contributed by atoms with Crippen LogP contribution in [0.4, 0.5) is 5.82 Å². The van der Waals surface area contributed by atoms with Crippen molar-refractivity contribution in [3.8, 4) is 0 Å². The Kier molecular flexibility index (Phi) is 4.93. The highest BCUT2D eigenvalue weighted by molar-refractivity contribution is 5.92. The molecule has 5 heteroatoms. The molecule has 20 heavy (non-hydrogen) atoms. The number of rotatable bonds is 4. The van der Waals surface area contributed by atoms with E-state index in [-0.39, 0.29) is 11.9 Å². The molecule has 1 N–H and O–H groups in total. The molecule has 2 heterocycles. The molecule has 1 aromatic heterocycles. The van der Waals surface area contributed by atoms with E-state index < -0.39 is 0 Å². The monoisotopic (exact) mass is 276 g/mol. The van der Waals surface area contributed by atoms with Gasteiger partial charge in [-0.1, -0.05) is 13.8 Å². The number of amides is 1. The van der Waals surface area contributed by atoms with Crippen molar-refractivity contribution in [2.45, 2.75) is 46.1 Å². The largest absolute Gasteiger partial charge is 0.355 e. The van der Waals surface area contributed by atoms with Gasteiger partial charge in [-0.05, 0) is 32.1 Å². The summed E-state index contributed by atoms with van der Waals surface area (Å²) < 4.78 is 0. The van der Waals surface area contributed by atoms with E-state index in [0.717, 1.165) is 25.3 Å². The van der Waals surface area contributed by atoms with Gasteiger partial charge in [0.05, 0.1) is 12.4 Å². The third-order valence-corrected chi connectivity index (χ3v) is 3.84. The first kappa shape index (κ1) is 14.8. The molecule has 2 rings (SSSR count). The molecular formula is C15H24N4O. The number of nitrogens with one attached hydrogen (secondary N) is 1. The Labute approximate surface area is 120 Å². The molecule has 0 bridgehead atoms. The third-order valence-electron chi connectivity index (χ3n) is 3.84. The minimum atomic E-state index is -0.148. The number of hydrogen-bond donors (Lipinski definition) is 1. The molecule has 5 nitrogen and oxygen atoms in total. The molecule has 0 spiro atoms. The summed E-state index contributed by atoms with van der Waals surface area (Å²) in [6, 6.07) is 0.159. The summed E-state index contributed by atoms with van der Waals surface area (Å²) in [7, 11) is 0. The molecule has 2 unspecified atom stereocenters. The van der Waals surface area contributed by atoms with Gasteiger partial charge in [0.25, 0.3) is 5.91 Å². The van der Waals surface area contributed by atoms with E-state index in [1.54, 1.807) is 12.4 Å². The molecule has 1 aliphatic heterocycles. The molecule has 1 fully saturated rings. The van der Waals surface area contributed by atoms with E-state index in [4.69, 9.17) is 0 Å². The molecule has 1 amide bonds. The van der Waals surface area contributed by atoms with Gasteiger partial charge in [0, 0.05) is 19.1 Å². The predicted molar refractivity (Wildman–Crippen MR) is 79.9 cm³/mol. The van der Waals surface area contributed by atoms with Crippen molar-refractivity contribution in [1.82, 2.24) is 15.3 Å². The van der Waals surface area contributed by atoms with Gasteiger partial charge < -0.3 is 10.2 Å². The molecule has 0 saturated carbocycles. The van der Waals surface area contributed by atoms with Gasteiger partial charge in [-0.3, -0.25) is 4.79 Å². The zero-order valence-corrected chi connectivity index (χ0v) is 12.6. The van der Waals surface area contributed by atoms with Crippen molar-refractivity contribution in [1.29, 1.82) is 0 Å². The average molecular weight is 276 g/mol. The fourth-order valence-electron chi connectivity index (χ4n) is 2.40. The normalized spacial score (nSPS) is 20.6. The zero-order chi connectivity index (χ0) is 14.5. The van der Waals surface area contributed by atoms with Crippen LogP contribution in [0.3, 0.4) is 0 Å². The summed E-state index contributed by atoms with van der Waals surface area (Å²) >= 11 is 0. The third kappa shape index (κ3) is 3.68. The molecule has 0 aromatic carbocycles. The van der Waals surface area contributed by atoms with Crippen molar-refractivity contribution in [2.75, 3.05) is 18.0 Å². The Balaban J connectivity index is 2.00. The maximum absolute atomic E-state index is 11.9. The van der Waals surface area contributed by atoms with Gasteiger partial charge in [-0.15, -0.1) is 0 Å². The lowest BCUT2D eigenvalue weighted by Crippen LogP contribution is -2.35. The van der Waals surface area contributed by atoms with E-state index in [1.165, 1.54) is 12.8 Å². The number of carbonyl (C=O) groups excluding carboxylic acids is 1. The lowest BCUT2D eigenvalue weighted by Gasteiger charge is -2.31. The lowest BCUT2D eigenvalue weighted by atomic mass is 10.0. The van der Waals surface area contributed by atoms with Gasteiger partial charge in [-0.25, -0.2) is 9.97 Å².